The Balaban J connectivity index is 1.57. The smallest absolute Gasteiger partial charge is 0.339 e. The molecule has 2 aromatic carbocycles. The zero-order chi connectivity index (χ0) is 20.3. The van der Waals surface area contributed by atoms with E-state index in [1.165, 1.54) is 12.1 Å². The minimum atomic E-state index is -4.46. The third-order valence-corrected chi connectivity index (χ3v) is 4.91. The monoisotopic (exact) mass is 390 g/mol. The topological polar surface area (TPSA) is 49.4 Å². The average molecular weight is 390 g/mol. The summed E-state index contributed by atoms with van der Waals surface area (Å²) in [4.78, 5) is 26.7. The molecule has 0 saturated carbocycles. The van der Waals surface area contributed by atoms with Gasteiger partial charge in [0, 0.05) is 30.3 Å². The second-order valence-electron chi connectivity index (χ2n) is 7.00. The maximum atomic E-state index is 12.8. The lowest BCUT2D eigenvalue weighted by molar-refractivity contribution is -0.137. The number of alkyl halides is 3. The van der Waals surface area contributed by atoms with Gasteiger partial charge in [-0.1, -0.05) is 23.8 Å². The minimum Gasteiger partial charge on any atom is -0.339 e. The lowest BCUT2D eigenvalue weighted by Crippen LogP contribution is -2.41. The minimum absolute atomic E-state index is 0.0725. The van der Waals surface area contributed by atoms with E-state index in [0.717, 1.165) is 17.7 Å². The Morgan fingerprint density at radius 1 is 1.04 bits per heavy atom. The Bertz CT molecular complexity index is 855. The van der Waals surface area contributed by atoms with Crippen molar-refractivity contribution in [1.82, 2.24) is 4.90 Å². The number of carbonyl (C=O) groups excluding carboxylic acids is 2. The van der Waals surface area contributed by atoms with E-state index in [1.54, 1.807) is 17.0 Å². The Hall–Kier alpha value is -2.83. The first-order valence-corrected chi connectivity index (χ1v) is 9.08. The summed E-state index contributed by atoms with van der Waals surface area (Å²) in [5, 5.41) is 2.56. The molecule has 0 atom stereocenters. The van der Waals surface area contributed by atoms with Crippen molar-refractivity contribution < 1.29 is 22.8 Å². The van der Waals surface area contributed by atoms with Crippen LogP contribution in [0.15, 0.2) is 48.5 Å². The predicted octanol–water partition coefficient (Wildman–Crippen LogP) is 4.50. The zero-order valence-corrected chi connectivity index (χ0v) is 15.4. The van der Waals surface area contributed by atoms with Crippen LogP contribution < -0.4 is 5.32 Å². The van der Waals surface area contributed by atoms with Crippen LogP contribution in [0.25, 0.3) is 0 Å². The molecular formula is C21H21F3N2O2. The summed E-state index contributed by atoms with van der Waals surface area (Å²) in [6.07, 6.45) is -3.51. The number of hydrogen-bond acceptors (Lipinski definition) is 2. The lowest BCUT2D eigenvalue weighted by atomic mass is 9.95. The van der Waals surface area contributed by atoms with Gasteiger partial charge in [0.2, 0.25) is 5.91 Å². The highest BCUT2D eigenvalue weighted by atomic mass is 19.4. The van der Waals surface area contributed by atoms with Crippen molar-refractivity contribution in [1.29, 1.82) is 0 Å². The molecule has 148 valence electrons. The molecule has 0 spiro atoms. The Morgan fingerprint density at radius 3 is 2.29 bits per heavy atom. The number of hydrogen-bond donors (Lipinski definition) is 1. The number of rotatable bonds is 3. The van der Waals surface area contributed by atoms with Gasteiger partial charge in [0.05, 0.1) is 5.56 Å². The third kappa shape index (κ3) is 4.71. The van der Waals surface area contributed by atoms with Crippen molar-refractivity contribution in [2.45, 2.75) is 25.9 Å². The Labute approximate surface area is 161 Å². The number of halogens is 3. The molecule has 2 amide bonds. The van der Waals surface area contributed by atoms with Crippen molar-refractivity contribution in [2.24, 2.45) is 5.92 Å². The standard InChI is InChI=1S/C21H21F3N2O2/c1-14-5-7-16(8-6-14)20(28)26-11-9-15(10-12-26)19(27)25-18-4-2-3-17(13-18)21(22,23)24/h2-8,13,15H,9-12H2,1H3,(H,25,27). The van der Waals surface area contributed by atoms with Crippen molar-refractivity contribution in [2.75, 3.05) is 18.4 Å². The quantitative estimate of drug-likeness (QED) is 0.839. The van der Waals surface area contributed by atoms with Gasteiger partial charge in [-0.3, -0.25) is 9.59 Å². The van der Waals surface area contributed by atoms with Crippen LogP contribution >= 0.6 is 0 Å². The molecule has 1 heterocycles. The van der Waals surface area contributed by atoms with Gasteiger partial charge in [0.25, 0.3) is 5.91 Å². The van der Waals surface area contributed by atoms with E-state index in [9.17, 15) is 22.8 Å². The molecule has 28 heavy (non-hydrogen) atoms. The second-order valence-corrected chi connectivity index (χ2v) is 7.00. The van der Waals surface area contributed by atoms with Crippen LogP contribution in [0.1, 0.15) is 34.3 Å². The van der Waals surface area contributed by atoms with Gasteiger partial charge in [-0.25, -0.2) is 0 Å². The molecule has 7 heteroatoms. The van der Waals surface area contributed by atoms with Gasteiger partial charge in [-0.05, 0) is 50.1 Å². The fourth-order valence-corrected chi connectivity index (χ4v) is 3.24. The molecule has 3 rings (SSSR count). The van der Waals surface area contributed by atoms with Crippen LogP contribution in [0.5, 0.6) is 0 Å². The van der Waals surface area contributed by atoms with E-state index in [2.05, 4.69) is 5.32 Å². The number of anilines is 1. The molecule has 0 bridgehead atoms. The van der Waals surface area contributed by atoms with E-state index in [-0.39, 0.29) is 23.4 Å². The molecule has 2 aromatic rings. The first-order chi connectivity index (χ1) is 13.2. The molecule has 1 aliphatic rings. The molecule has 0 aliphatic carbocycles. The summed E-state index contributed by atoms with van der Waals surface area (Å²) < 4.78 is 38.4. The second kappa shape index (κ2) is 8.04. The first kappa shape index (κ1) is 19.9. The van der Waals surface area contributed by atoms with E-state index >= 15 is 0 Å². The molecule has 1 aliphatic heterocycles. The number of piperidine rings is 1. The molecule has 0 unspecified atom stereocenters. The summed E-state index contributed by atoms with van der Waals surface area (Å²) in [6, 6.07) is 11.9. The number of amides is 2. The van der Waals surface area contributed by atoms with Crippen LogP contribution in [-0.2, 0) is 11.0 Å². The van der Waals surface area contributed by atoms with Crippen LogP contribution in [0.4, 0.5) is 18.9 Å². The van der Waals surface area contributed by atoms with Crippen LogP contribution in [-0.4, -0.2) is 29.8 Å². The van der Waals surface area contributed by atoms with E-state index in [1.807, 2.05) is 19.1 Å². The highest BCUT2D eigenvalue weighted by Crippen LogP contribution is 2.31. The summed E-state index contributed by atoms with van der Waals surface area (Å²) in [6.45, 7) is 2.82. The fourth-order valence-electron chi connectivity index (χ4n) is 3.24. The third-order valence-electron chi connectivity index (χ3n) is 4.91. The normalized spacial score (nSPS) is 15.4. The van der Waals surface area contributed by atoms with Gasteiger partial charge in [-0.2, -0.15) is 13.2 Å². The largest absolute Gasteiger partial charge is 0.416 e. The highest BCUT2D eigenvalue weighted by molar-refractivity contribution is 5.95. The van der Waals surface area contributed by atoms with Crippen molar-refractivity contribution in [3.05, 3.63) is 65.2 Å². The maximum Gasteiger partial charge on any atom is 0.416 e. The molecule has 1 fully saturated rings. The maximum absolute atomic E-state index is 12.8. The Morgan fingerprint density at radius 2 is 1.68 bits per heavy atom. The number of nitrogens with zero attached hydrogens (tertiary/aromatic N) is 1. The summed E-state index contributed by atoms with van der Waals surface area (Å²) >= 11 is 0. The van der Waals surface area contributed by atoms with Crippen LogP contribution in [0.2, 0.25) is 0 Å². The van der Waals surface area contributed by atoms with Gasteiger partial charge < -0.3 is 10.2 Å². The summed E-state index contributed by atoms with van der Waals surface area (Å²) in [7, 11) is 0. The number of likely N-dealkylation sites (tertiary alicyclic amines) is 1. The zero-order valence-electron chi connectivity index (χ0n) is 15.4. The molecule has 0 aromatic heterocycles. The molecule has 4 nitrogen and oxygen atoms in total. The van der Waals surface area contributed by atoms with Crippen molar-refractivity contribution >= 4 is 17.5 Å². The predicted molar refractivity (Wildman–Crippen MR) is 99.9 cm³/mol. The Kier molecular flexibility index (Phi) is 5.72. The number of aryl methyl sites for hydroxylation is 1. The molecule has 1 saturated heterocycles. The molecule has 1 N–H and O–H groups in total. The van der Waals surface area contributed by atoms with Crippen molar-refractivity contribution in [3.63, 3.8) is 0 Å². The fraction of sp³-hybridized carbons (Fsp3) is 0.333. The van der Waals surface area contributed by atoms with Crippen LogP contribution in [0.3, 0.4) is 0 Å². The lowest BCUT2D eigenvalue weighted by Gasteiger charge is -2.31. The summed E-state index contributed by atoms with van der Waals surface area (Å²) in [5.74, 6) is -0.727. The van der Waals surface area contributed by atoms with Crippen LogP contribution in [0, 0.1) is 12.8 Å². The van der Waals surface area contributed by atoms with Crippen molar-refractivity contribution in [3.8, 4) is 0 Å². The molecule has 0 radical (unpaired) electrons. The number of benzene rings is 2. The van der Waals surface area contributed by atoms with Gasteiger partial charge in [-0.15, -0.1) is 0 Å². The average Bonchev–Trinajstić information content (AvgIpc) is 2.68. The molecular weight excluding hydrogens is 369 g/mol. The summed E-state index contributed by atoms with van der Waals surface area (Å²) in [5.41, 5.74) is 1.00. The van der Waals surface area contributed by atoms with E-state index < -0.39 is 11.7 Å². The first-order valence-electron chi connectivity index (χ1n) is 9.08. The number of nitrogens with one attached hydrogen (secondary N) is 1. The van der Waals surface area contributed by atoms with E-state index in [4.69, 9.17) is 0 Å². The SMILES string of the molecule is Cc1ccc(C(=O)N2CCC(C(=O)Nc3cccc(C(F)(F)F)c3)CC2)cc1. The van der Waals surface area contributed by atoms with Gasteiger partial charge in [0.15, 0.2) is 0 Å². The van der Waals surface area contributed by atoms with Gasteiger partial charge in [0.1, 0.15) is 0 Å². The van der Waals surface area contributed by atoms with Gasteiger partial charge >= 0.3 is 6.18 Å². The number of carbonyl (C=O) groups is 2. The highest BCUT2D eigenvalue weighted by Gasteiger charge is 2.31. The van der Waals surface area contributed by atoms with E-state index in [0.29, 0.717) is 31.5 Å².